The highest BCUT2D eigenvalue weighted by Crippen LogP contribution is 2.39. The van der Waals surface area contributed by atoms with E-state index in [1.807, 2.05) is 24.7 Å². The molecule has 4 aromatic heterocycles. The van der Waals surface area contributed by atoms with Gasteiger partial charge in [-0.25, -0.2) is 9.97 Å². The van der Waals surface area contributed by atoms with Gasteiger partial charge in [0, 0.05) is 32.3 Å². The van der Waals surface area contributed by atoms with E-state index >= 15 is 0 Å². The quantitative estimate of drug-likeness (QED) is 0.216. The summed E-state index contributed by atoms with van der Waals surface area (Å²) in [4.78, 5) is 19.7. The van der Waals surface area contributed by atoms with Crippen molar-refractivity contribution in [1.82, 2.24) is 49.3 Å². The van der Waals surface area contributed by atoms with Crippen LogP contribution in [0.2, 0.25) is 0 Å². The standard InChI is InChI=1S/C23H34N12O3/c1-5-13(6-2)27-19-15-21(29-23(28-19)24-9-8-14-10-33(4)11-25-14)34(12-26-15)22-17(37)16(36)18(38-22)20-30-32-35(7-3)31-20/h10-13,16-18,22,36-37H,5-9H2,1-4H3,(H2,24,27,28,29)/t16-,17+,18-,22+/m0/s1. The van der Waals surface area contributed by atoms with Crippen molar-refractivity contribution in [1.29, 1.82) is 0 Å². The lowest BCUT2D eigenvalue weighted by atomic mass is 10.1. The largest absolute Gasteiger partial charge is 0.387 e. The monoisotopic (exact) mass is 526 g/mol. The summed E-state index contributed by atoms with van der Waals surface area (Å²) in [6, 6.07) is 0.200. The highest BCUT2D eigenvalue weighted by molar-refractivity contribution is 5.84. The number of hydrogen-bond acceptors (Lipinski definition) is 12. The minimum Gasteiger partial charge on any atom is -0.387 e. The molecule has 4 N–H and O–H groups in total. The number of aryl methyl sites for hydroxylation is 2. The number of fused-ring (bicyclic) bond motifs is 1. The first-order valence-corrected chi connectivity index (χ1v) is 12.9. The Hall–Kier alpha value is -3.69. The van der Waals surface area contributed by atoms with Gasteiger partial charge >= 0.3 is 0 Å². The van der Waals surface area contributed by atoms with E-state index in [9.17, 15) is 10.2 Å². The Balaban J connectivity index is 1.45. The second kappa shape index (κ2) is 11.0. The fourth-order valence-corrected chi connectivity index (χ4v) is 4.47. The third-order valence-corrected chi connectivity index (χ3v) is 6.69. The SMILES string of the molecule is CCC(CC)Nc1nc(NCCc2cn(C)cn2)nc2c1ncn2[C@@H]1O[C@H](c2nnn(CC)n2)[C@@H](O)[C@H]1O. The number of aromatic nitrogens is 10. The second-order valence-electron chi connectivity index (χ2n) is 9.35. The van der Waals surface area contributed by atoms with Crippen LogP contribution < -0.4 is 10.6 Å². The van der Waals surface area contributed by atoms with Gasteiger partial charge in [-0.2, -0.15) is 14.8 Å². The van der Waals surface area contributed by atoms with Gasteiger partial charge in [0.2, 0.25) is 11.8 Å². The topological polar surface area (TPSA) is 179 Å². The molecule has 5 heterocycles. The molecule has 0 aliphatic carbocycles. The zero-order valence-electron chi connectivity index (χ0n) is 21.9. The van der Waals surface area contributed by atoms with Crippen molar-refractivity contribution in [2.24, 2.45) is 7.05 Å². The highest BCUT2D eigenvalue weighted by Gasteiger charge is 2.47. The fraction of sp³-hybridized carbons (Fsp3) is 0.609. The molecule has 15 heteroatoms. The van der Waals surface area contributed by atoms with Gasteiger partial charge in [-0.1, -0.05) is 13.8 Å². The number of anilines is 2. The number of hydrogen-bond donors (Lipinski definition) is 4. The van der Waals surface area contributed by atoms with Crippen LogP contribution in [0.15, 0.2) is 18.9 Å². The molecule has 1 aliphatic rings. The Morgan fingerprint density at radius 3 is 2.58 bits per heavy atom. The molecule has 5 rings (SSSR count). The van der Waals surface area contributed by atoms with Crippen molar-refractivity contribution >= 4 is 22.9 Å². The molecular formula is C23H34N12O3. The number of ether oxygens (including phenoxy) is 1. The van der Waals surface area contributed by atoms with Gasteiger partial charge < -0.3 is 30.2 Å². The summed E-state index contributed by atoms with van der Waals surface area (Å²) in [6.45, 7) is 7.19. The van der Waals surface area contributed by atoms with Crippen LogP contribution >= 0.6 is 0 Å². The maximum Gasteiger partial charge on any atom is 0.226 e. The van der Waals surface area contributed by atoms with E-state index in [0.29, 0.717) is 42.4 Å². The van der Waals surface area contributed by atoms with Gasteiger partial charge in [0.05, 0.1) is 24.9 Å². The van der Waals surface area contributed by atoms with Crippen molar-refractivity contribution < 1.29 is 14.9 Å². The van der Waals surface area contributed by atoms with Crippen LogP contribution in [0.3, 0.4) is 0 Å². The van der Waals surface area contributed by atoms with Gasteiger partial charge in [0.1, 0.15) is 12.2 Å². The average molecular weight is 527 g/mol. The molecule has 4 atom stereocenters. The highest BCUT2D eigenvalue weighted by atomic mass is 16.6. The molecule has 1 saturated heterocycles. The summed E-state index contributed by atoms with van der Waals surface area (Å²) in [7, 11) is 1.93. The van der Waals surface area contributed by atoms with Crippen LogP contribution in [-0.2, 0) is 24.8 Å². The maximum atomic E-state index is 10.9. The van der Waals surface area contributed by atoms with E-state index < -0.39 is 24.5 Å². The zero-order chi connectivity index (χ0) is 26.8. The van der Waals surface area contributed by atoms with Crippen LogP contribution in [0.25, 0.3) is 11.2 Å². The predicted molar refractivity (Wildman–Crippen MR) is 137 cm³/mol. The fourth-order valence-electron chi connectivity index (χ4n) is 4.47. The van der Waals surface area contributed by atoms with Gasteiger partial charge in [-0.05, 0) is 25.0 Å². The Morgan fingerprint density at radius 1 is 1.08 bits per heavy atom. The minimum atomic E-state index is -1.27. The van der Waals surface area contributed by atoms with Gasteiger partial charge in [-0.3, -0.25) is 4.57 Å². The summed E-state index contributed by atoms with van der Waals surface area (Å²) in [6.07, 6.45) is 3.34. The van der Waals surface area contributed by atoms with Crippen LogP contribution in [0, 0.1) is 0 Å². The van der Waals surface area contributed by atoms with Crippen LogP contribution in [0.4, 0.5) is 11.8 Å². The number of aliphatic hydroxyl groups excluding tert-OH is 2. The lowest BCUT2D eigenvalue weighted by Crippen LogP contribution is -2.29. The Bertz CT molecular complexity index is 1360. The molecule has 0 spiro atoms. The summed E-state index contributed by atoms with van der Waals surface area (Å²) in [5, 5.41) is 40.6. The first kappa shape index (κ1) is 25.9. The minimum absolute atomic E-state index is 0.200. The van der Waals surface area contributed by atoms with E-state index in [0.717, 1.165) is 18.5 Å². The summed E-state index contributed by atoms with van der Waals surface area (Å²) < 4.78 is 9.57. The Morgan fingerprint density at radius 2 is 1.89 bits per heavy atom. The molecule has 0 amide bonds. The van der Waals surface area contributed by atoms with Gasteiger partial charge in [0.25, 0.3) is 0 Å². The normalized spacial score (nSPS) is 21.6. The van der Waals surface area contributed by atoms with E-state index in [1.54, 1.807) is 10.9 Å². The van der Waals surface area contributed by atoms with Crippen LogP contribution in [0.1, 0.15) is 57.5 Å². The van der Waals surface area contributed by atoms with Crippen molar-refractivity contribution in [3.05, 3.63) is 30.4 Å². The lowest BCUT2D eigenvalue weighted by molar-refractivity contribution is -0.0384. The number of aliphatic hydroxyl groups is 2. The van der Waals surface area contributed by atoms with Crippen LogP contribution in [0.5, 0.6) is 0 Å². The smallest absolute Gasteiger partial charge is 0.226 e. The van der Waals surface area contributed by atoms with E-state index in [4.69, 9.17) is 14.7 Å². The third-order valence-electron chi connectivity index (χ3n) is 6.69. The van der Waals surface area contributed by atoms with Gasteiger partial charge in [0.15, 0.2) is 29.3 Å². The Labute approximate surface area is 219 Å². The molecule has 0 saturated carbocycles. The zero-order valence-corrected chi connectivity index (χ0v) is 21.9. The van der Waals surface area contributed by atoms with Crippen molar-refractivity contribution in [2.45, 2.75) is 77.2 Å². The van der Waals surface area contributed by atoms with E-state index in [1.165, 1.54) is 11.1 Å². The summed E-state index contributed by atoms with van der Waals surface area (Å²) in [5.41, 5.74) is 1.95. The molecule has 38 heavy (non-hydrogen) atoms. The third kappa shape index (κ3) is 5.04. The molecule has 15 nitrogen and oxygen atoms in total. The van der Waals surface area contributed by atoms with Crippen molar-refractivity contribution in [3.8, 4) is 0 Å². The number of nitrogens with one attached hydrogen (secondary N) is 2. The average Bonchev–Trinajstić information content (AvgIpc) is 3.71. The number of nitrogens with zero attached hydrogens (tertiary/aromatic N) is 10. The molecule has 4 aromatic rings. The van der Waals surface area contributed by atoms with Crippen molar-refractivity contribution in [2.75, 3.05) is 17.2 Å². The first-order chi connectivity index (χ1) is 18.4. The summed E-state index contributed by atoms with van der Waals surface area (Å²) in [5.74, 6) is 1.19. The molecule has 204 valence electrons. The molecule has 0 bridgehead atoms. The van der Waals surface area contributed by atoms with E-state index in [2.05, 4.69) is 49.9 Å². The number of tetrazole rings is 1. The number of rotatable bonds is 11. The van der Waals surface area contributed by atoms with Crippen molar-refractivity contribution in [3.63, 3.8) is 0 Å². The van der Waals surface area contributed by atoms with Gasteiger partial charge in [-0.15, -0.1) is 10.2 Å². The van der Waals surface area contributed by atoms with E-state index in [-0.39, 0.29) is 11.9 Å². The molecule has 0 unspecified atom stereocenters. The Kier molecular flexibility index (Phi) is 7.49. The summed E-state index contributed by atoms with van der Waals surface area (Å²) >= 11 is 0. The molecule has 1 fully saturated rings. The maximum absolute atomic E-state index is 10.9. The number of imidazole rings is 2. The molecule has 0 aromatic carbocycles. The first-order valence-electron chi connectivity index (χ1n) is 12.9. The second-order valence-corrected chi connectivity index (χ2v) is 9.35. The molecule has 1 aliphatic heterocycles. The molecule has 0 radical (unpaired) electrons. The predicted octanol–water partition coefficient (Wildman–Crippen LogP) is 0.813. The van der Waals surface area contributed by atoms with Crippen LogP contribution in [-0.4, -0.2) is 84.3 Å². The lowest BCUT2D eigenvalue weighted by Gasteiger charge is -2.18. The molecular weight excluding hydrogens is 492 g/mol.